The van der Waals surface area contributed by atoms with E-state index >= 15 is 0 Å². The summed E-state index contributed by atoms with van der Waals surface area (Å²) in [6.07, 6.45) is 0. The van der Waals surface area contributed by atoms with E-state index < -0.39 is 0 Å². The standard InChI is InChI=1S/C12H12N4/c1-8-2-3-9-4-5-11-14-15-12(7-13)16(11)10(9)6-8/h2-6H,7,13H2,1H3. The molecule has 2 N–H and O–H groups in total. The van der Waals surface area contributed by atoms with E-state index in [1.165, 1.54) is 10.9 Å². The molecular weight excluding hydrogens is 200 g/mol. The first kappa shape index (κ1) is 9.30. The van der Waals surface area contributed by atoms with Gasteiger partial charge in [-0.05, 0) is 36.1 Å². The first-order valence-electron chi connectivity index (χ1n) is 5.23. The number of nitrogens with zero attached hydrogens (tertiary/aromatic N) is 3. The minimum atomic E-state index is 0.397. The van der Waals surface area contributed by atoms with Crippen molar-refractivity contribution in [3.05, 3.63) is 41.7 Å². The molecule has 0 aliphatic heterocycles. The zero-order chi connectivity index (χ0) is 11.1. The van der Waals surface area contributed by atoms with Gasteiger partial charge in [-0.2, -0.15) is 0 Å². The van der Waals surface area contributed by atoms with Gasteiger partial charge in [-0.25, -0.2) is 0 Å². The Bertz CT molecular complexity index is 669. The van der Waals surface area contributed by atoms with E-state index in [2.05, 4.69) is 41.4 Å². The number of aryl methyl sites for hydroxylation is 1. The van der Waals surface area contributed by atoms with E-state index in [-0.39, 0.29) is 0 Å². The van der Waals surface area contributed by atoms with Gasteiger partial charge in [0.25, 0.3) is 0 Å². The molecule has 0 aliphatic rings. The van der Waals surface area contributed by atoms with Crippen LogP contribution in [0.5, 0.6) is 0 Å². The lowest BCUT2D eigenvalue weighted by Crippen LogP contribution is -2.03. The molecule has 4 nitrogen and oxygen atoms in total. The second-order valence-corrected chi connectivity index (χ2v) is 3.91. The Kier molecular flexibility index (Phi) is 1.91. The van der Waals surface area contributed by atoms with Crippen LogP contribution in [0, 0.1) is 6.92 Å². The second-order valence-electron chi connectivity index (χ2n) is 3.91. The van der Waals surface area contributed by atoms with Crippen molar-refractivity contribution in [2.24, 2.45) is 5.73 Å². The van der Waals surface area contributed by atoms with Gasteiger partial charge in [0.1, 0.15) is 0 Å². The first-order valence-corrected chi connectivity index (χ1v) is 5.23. The Labute approximate surface area is 92.7 Å². The molecule has 0 aliphatic carbocycles. The lowest BCUT2D eigenvalue weighted by atomic mass is 10.1. The van der Waals surface area contributed by atoms with Crippen LogP contribution in [0.4, 0.5) is 0 Å². The van der Waals surface area contributed by atoms with Gasteiger partial charge in [-0.1, -0.05) is 12.1 Å². The lowest BCUT2D eigenvalue weighted by Gasteiger charge is -2.04. The molecular formula is C12H12N4. The highest BCUT2D eigenvalue weighted by atomic mass is 15.3. The summed E-state index contributed by atoms with van der Waals surface area (Å²) in [6, 6.07) is 10.3. The summed E-state index contributed by atoms with van der Waals surface area (Å²) in [7, 11) is 0. The molecule has 0 fully saturated rings. The average Bonchev–Trinajstić information content (AvgIpc) is 2.72. The van der Waals surface area contributed by atoms with Crippen molar-refractivity contribution in [1.82, 2.24) is 14.6 Å². The van der Waals surface area contributed by atoms with Crippen LogP contribution in [-0.2, 0) is 6.54 Å². The summed E-state index contributed by atoms with van der Waals surface area (Å²) in [5, 5.41) is 9.36. The number of pyridine rings is 1. The Morgan fingerprint density at radius 1 is 1.19 bits per heavy atom. The molecule has 16 heavy (non-hydrogen) atoms. The van der Waals surface area contributed by atoms with E-state index in [4.69, 9.17) is 5.73 Å². The molecule has 1 aromatic carbocycles. The molecule has 0 spiro atoms. The summed E-state index contributed by atoms with van der Waals surface area (Å²) in [4.78, 5) is 0. The Hall–Kier alpha value is -1.94. The van der Waals surface area contributed by atoms with Crippen LogP contribution >= 0.6 is 0 Å². The number of hydrogen-bond acceptors (Lipinski definition) is 3. The van der Waals surface area contributed by atoms with Crippen LogP contribution in [0.3, 0.4) is 0 Å². The fraction of sp³-hybridized carbons (Fsp3) is 0.167. The molecule has 3 rings (SSSR count). The third kappa shape index (κ3) is 1.20. The van der Waals surface area contributed by atoms with Gasteiger partial charge in [0.05, 0.1) is 12.1 Å². The first-order chi connectivity index (χ1) is 7.79. The third-order valence-corrected chi connectivity index (χ3v) is 2.78. The molecule has 2 heterocycles. The van der Waals surface area contributed by atoms with Crippen LogP contribution < -0.4 is 5.73 Å². The van der Waals surface area contributed by atoms with Crippen LogP contribution in [0.1, 0.15) is 11.4 Å². The minimum absolute atomic E-state index is 0.397. The predicted molar refractivity (Wildman–Crippen MR) is 63.1 cm³/mol. The van der Waals surface area contributed by atoms with Crippen molar-refractivity contribution in [3.63, 3.8) is 0 Å². The predicted octanol–water partition coefficient (Wildman–Crippen LogP) is 1.65. The van der Waals surface area contributed by atoms with Gasteiger partial charge in [0.2, 0.25) is 0 Å². The maximum atomic E-state index is 5.67. The highest BCUT2D eigenvalue weighted by Crippen LogP contribution is 2.18. The molecule has 0 saturated carbocycles. The SMILES string of the molecule is Cc1ccc2ccc3nnc(CN)n3c2c1. The number of benzene rings is 1. The van der Waals surface area contributed by atoms with Gasteiger partial charge < -0.3 is 5.73 Å². The van der Waals surface area contributed by atoms with Crippen molar-refractivity contribution in [2.45, 2.75) is 13.5 Å². The normalized spacial score (nSPS) is 11.4. The van der Waals surface area contributed by atoms with Crippen molar-refractivity contribution >= 4 is 16.6 Å². The number of hydrogen-bond donors (Lipinski definition) is 1. The molecule has 0 saturated heterocycles. The quantitative estimate of drug-likeness (QED) is 0.667. The van der Waals surface area contributed by atoms with Crippen molar-refractivity contribution in [3.8, 4) is 0 Å². The summed E-state index contributed by atoms with van der Waals surface area (Å²) in [5.41, 5.74) is 8.84. The number of fused-ring (bicyclic) bond motifs is 3. The molecule has 0 unspecified atom stereocenters. The molecule has 2 aromatic heterocycles. The van der Waals surface area contributed by atoms with Crippen LogP contribution in [0.25, 0.3) is 16.6 Å². The molecule has 3 aromatic rings. The van der Waals surface area contributed by atoms with Gasteiger partial charge in [0.15, 0.2) is 11.5 Å². The maximum Gasteiger partial charge on any atom is 0.161 e. The number of nitrogens with two attached hydrogens (primary N) is 1. The fourth-order valence-electron chi connectivity index (χ4n) is 1.99. The number of aromatic nitrogens is 3. The van der Waals surface area contributed by atoms with E-state index in [0.29, 0.717) is 6.54 Å². The van der Waals surface area contributed by atoms with Gasteiger partial charge in [-0.15, -0.1) is 10.2 Å². The van der Waals surface area contributed by atoms with E-state index in [1.807, 2.05) is 10.5 Å². The Morgan fingerprint density at radius 2 is 2.00 bits per heavy atom. The molecule has 4 heteroatoms. The van der Waals surface area contributed by atoms with Gasteiger partial charge in [0, 0.05) is 0 Å². The Balaban J connectivity index is 2.54. The highest BCUT2D eigenvalue weighted by Gasteiger charge is 2.06. The van der Waals surface area contributed by atoms with Crippen molar-refractivity contribution < 1.29 is 0 Å². The zero-order valence-electron chi connectivity index (χ0n) is 9.01. The zero-order valence-corrected chi connectivity index (χ0v) is 9.01. The van der Waals surface area contributed by atoms with E-state index in [0.717, 1.165) is 17.0 Å². The summed E-state index contributed by atoms with van der Waals surface area (Å²) < 4.78 is 2.02. The van der Waals surface area contributed by atoms with Gasteiger partial charge >= 0.3 is 0 Å². The van der Waals surface area contributed by atoms with Crippen LogP contribution in [0.15, 0.2) is 30.3 Å². The second kappa shape index (κ2) is 3.28. The third-order valence-electron chi connectivity index (χ3n) is 2.78. The van der Waals surface area contributed by atoms with Gasteiger partial charge in [-0.3, -0.25) is 4.40 Å². The molecule has 80 valence electrons. The van der Waals surface area contributed by atoms with Crippen LogP contribution in [-0.4, -0.2) is 14.6 Å². The van der Waals surface area contributed by atoms with E-state index in [9.17, 15) is 0 Å². The monoisotopic (exact) mass is 212 g/mol. The topological polar surface area (TPSA) is 56.2 Å². The largest absolute Gasteiger partial charge is 0.324 e. The molecule has 0 radical (unpaired) electrons. The lowest BCUT2D eigenvalue weighted by molar-refractivity contribution is 0.894. The average molecular weight is 212 g/mol. The van der Waals surface area contributed by atoms with Crippen LogP contribution in [0.2, 0.25) is 0 Å². The van der Waals surface area contributed by atoms with Crippen molar-refractivity contribution in [2.75, 3.05) is 0 Å². The summed E-state index contributed by atoms with van der Waals surface area (Å²) in [5.74, 6) is 0.797. The summed E-state index contributed by atoms with van der Waals surface area (Å²) in [6.45, 7) is 2.47. The molecule has 0 amide bonds. The van der Waals surface area contributed by atoms with E-state index in [1.54, 1.807) is 0 Å². The molecule has 0 atom stereocenters. The summed E-state index contributed by atoms with van der Waals surface area (Å²) >= 11 is 0. The minimum Gasteiger partial charge on any atom is -0.324 e. The smallest absolute Gasteiger partial charge is 0.161 e. The highest BCUT2D eigenvalue weighted by molar-refractivity contribution is 5.82. The Morgan fingerprint density at radius 3 is 2.81 bits per heavy atom. The molecule has 0 bridgehead atoms. The number of rotatable bonds is 1. The maximum absolute atomic E-state index is 5.67. The fourth-order valence-corrected chi connectivity index (χ4v) is 1.99. The van der Waals surface area contributed by atoms with Crippen molar-refractivity contribution in [1.29, 1.82) is 0 Å².